The third-order valence-corrected chi connectivity index (χ3v) is 6.13. The van der Waals surface area contributed by atoms with Gasteiger partial charge >= 0.3 is 0 Å². The number of nitrogen functional groups attached to an aromatic ring is 1. The van der Waals surface area contributed by atoms with Crippen LogP contribution in [0.5, 0.6) is 0 Å². The highest BCUT2D eigenvalue weighted by atomic mass is 16.3. The molecule has 0 atom stereocenters. The third kappa shape index (κ3) is 5.63. The molecule has 0 bridgehead atoms. The van der Waals surface area contributed by atoms with Crippen molar-refractivity contribution in [3.8, 4) is 22.5 Å². The second kappa shape index (κ2) is 10.8. The summed E-state index contributed by atoms with van der Waals surface area (Å²) in [4.78, 5) is 23.0. The molecule has 3 heterocycles. The van der Waals surface area contributed by atoms with Gasteiger partial charge in [-0.3, -0.25) is 15.0 Å². The number of hydrazone groups is 1. The van der Waals surface area contributed by atoms with E-state index < -0.39 is 5.60 Å². The number of hydrogen-bond acceptors (Lipinski definition) is 9. The van der Waals surface area contributed by atoms with E-state index >= 15 is 0 Å². The van der Waals surface area contributed by atoms with Gasteiger partial charge in [-0.15, -0.1) is 0 Å². The van der Waals surface area contributed by atoms with E-state index in [0.717, 1.165) is 22.0 Å². The first kappa shape index (κ1) is 25.6. The van der Waals surface area contributed by atoms with E-state index in [-0.39, 0.29) is 18.1 Å². The van der Waals surface area contributed by atoms with Gasteiger partial charge in [0.15, 0.2) is 5.82 Å². The van der Waals surface area contributed by atoms with Gasteiger partial charge in [-0.25, -0.2) is 9.97 Å². The van der Waals surface area contributed by atoms with Crippen LogP contribution >= 0.6 is 0 Å². The number of fused-ring (bicyclic) bond motifs is 1. The Bertz CT molecular complexity index is 1690. The van der Waals surface area contributed by atoms with Crippen molar-refractivity contribution >= 4 is 28.6 Å². The topological polar surface area (TPSA) is 149 Å². The maximum Gasteiger partial charge on any atom is 0.152 e. The van der Waals surface area contributed by atoms with E-state index in [0.29, 0.717) is 28.5 Å². The highest BCUT2D eigenvalue weighted by Crippen LogP contribution is 2.32. The normalized spacial score (nSPS) is 12.3. The average Bonchev–Trinajstić information content (AvgIpc) is 2.95. The van der Waals surface area contributed by atoms with Crippen LogP contribution in [-0.4, -0.2) is 37.0 Å². The molecule has 0 spiro atoms. The molecule has 39 heavy (non-hydrogen) atoms. The summed E-state index contributed by atoms with van der Waals surface area (Å²) < 4.78 is 0. The summed E-state index contributed by atoms with van der Waals surface area (Å²) in [5.74, 6) is 5.94. The van der Waals surface area contributed by atoms with E-state index in [4.69, 9.17) is 21.5 Å². The number of rotatable bonds is 7. The Morgan fingerprint density at radius 2 is 1.69 bits per heavy atom. The standard InChI is InChI=1S/C30H28N8O/c1-30(2,39)25-12-6-11-22(35-25)17-33-18-24(38-32)28-29(31)37-26(19-8-4-3-5-9-19)27(36-28)21-13-14-23-20(16-21)10-7-15-34-23/h3-16,18,39H,17,32H2,1-2H3,(H2,31,37). The molecule has 9 nitrogen and oxygen atoms in total. The highest BCUT2D eigenvalue weighted by Gasteiger charge is 2.19. The van der Waals surface area contributed by atoms with Crippen molar-refractivity contribution in [3.63, 3.8) is 0 Å². The molecule has 0 saturated heterocycles. The van der Waals surface area contributed by atoms with Crippen LogP contribution in [0.3, 0.4) is 0 Å². The predicted octanol–water partition coefficient (Wildman–Crippen LogP) is 4.50. The second-order valence-corrected chi connectivity index (χ2v) is 9.49. The lowest BCUT2D eigenvalue weighted by Crippen LogP contribution is -2.18. The molecule has 5 N–H and O–H groups in total. The minimum atomic E-state index is -1.05. The maximum atomic E-state index is 10.3. The van der Waals surface area contributed by atoms with Gasteiger partial charge in [-0.05, 0) is 44.2 Å². The summed E-state index contributed by atoms with van der Waals surface area (Å²) in [6, 6.07) is 25.0. The van der Waals surface area contributed by atoms with Gasteiger partial charge in [0.05, 0.1) is 41.1 Å². The number of hydrogen-bond donors (Lipinski definition) is 3. The lowest BCUT2D eigenvalue weighted by atomic mass is 10.0. The van der Waals surface area contributed by atoms with Crippen LogP contribution in [0.15, 0.2) is 95.2 Å². The molecule has 5 rings (SSSR count). The fourth-order valence-electron chi connectivity index (χ4n) is 4.15. The zero-order chi connectivity index (χ0) is 27.4. The summed E-state index contributed by atoms with van der Waals surface area (Å²) >= 11 is 0. The predicted molar refractivity (Wildman–Crippen MR) is 155 cm³/mol. The number of nitrogens with zero attached hydrogens (tertiary/aromatic N) is 6. The number of pyridine rings is 2. The minimum absolute atomic E-state index is 0.179. The smallest absolute Gasteiger partial charge is 0.152 e. The van der Waals surface area contributed by atoms with Crippen molar-refractivity contribution in [2.24, 2.45) is 15.9 Å². The Morgan fingerprint density at radius 1 is 0.897 bits per heavy atom. The Hall–Kier alpha value is -5.02. The molecule has 194 valence electrons. The van der Waals surface area contributed by atoms with Crippen molar-refractivity contribution in [1.29, 1.82) is 0 Å². The van der Waals surface area contributed by atoms with Crippen molar-refractivity contribution in [3.05, 3.63) is 102 Å². The summed E-state index contributed by atoms with van der Waals surface area (Å²) in [7, 11) is 0. The molecule has 5 aromatic rings. The van der Waals surface area contributed by atoms with E-state index in [1.165, 1.54) is 6.21 Å². The van der Waals surface area contributed by atoms with E-state index in [2.05, 4.69) is 20.1 Å². The first-order chi connectivity index (χ1) is 18.8. The molecule has 2 aromatic carbocycles. The fraction of sp³-hybridized carbons (Fsp3) is 0.133. The van der Waals surface area contributed by atoms with Gasteiger partial charge in [0.2, 0.25) is 0 Å². The molecule has 9 heteroatoms. The Labute approximate surface area is 226 Å². The van der Waals surface area contributed by atoms with Crippen LogP contribution < -0.4 is 11.6 Å². The zero-order valence-corrected chi connectivity index (χ0v) is 21.7. The molecule has 0 saturated carbocycles. The summed E-state index contributed by atoms with van der Waals surface area (Å²) in [6.07, 6.45) is 3.27. The number of nitrogens with two attached hydrogens (primary N) is 2. The van der Waals surface area contributed by atoms with Crippen LogP contribution in [0.1, 0.15) is 30.9 Å². The van der Waals surface area contributed by atoms with Gasteiger partial charge in [0.1, 0.15) is 17.0 Å². The lowest BCUT2D eigenvalue weighted by Gasteiger charge is -2.16. The van der Waals surface area contributed by atoms with E-state index in [1.807, 2.05) is 72.8 Å². The largest absolute Gasteiger partial charge is 0.384 e. The minimum Gasteiger partial charge on any atom is -0.384 e. The average molecular weight is 517 g/mol. The number of aliphatic imine (C=N–C) groups is 1. The monoisotopic (exact) mass is 516 g/mol. The molecule has 0 aliphatic heterocycles. The van der Waals surface area contributed by atoms with Crippen molar-refractivity contribution < 1.29 is 5.11 Å². The Balaban J connectivity index is 1.54. The first-order valence-electron chi connectivity index (χ1n) is 12.4. The van der Waals surface area contributed by atoms with Gasteiger partial charge in [0, 0.05) is 22.7 Å². The van der Waals surface area contributed by atoms with Gasteiger partial charge in [-0.2, -0.15) is 5.10 Å². The molecule has 0 radical (unpaired) electrons. The van der Waals surface area contributed by atoms with E-state index in [1.54, 1.807) is 26.1 Å². The lowest BCUT2D eigenvalue weighted by molar-refractivity contribution is 0.0736. The van der Waals surface area contributed by atoms with Crippen LogP contribution in [0.25, 0.3) is 33.4 Å². The summed E-state index contributed by atoms with van der Waals surface area (Å²) in [5.41, 5.74) is 11.1. The van der Waals surface area contributed by atoms with Crippen LogP contribution in [0.2, 0.25) is 0 Å². The SMILES string of the molecule is CC(C)(O)c1cccc(CN=CC(=NN)c2nc(-c3ccc4ncccc4c3)c(-c3ccccc3)nc2N)n1. The number of aromatic nitrogens is 4. The Kier molecular flexibility index (Phi) is 7.07. The van der Waals surface area contributed by atoms with Gasteiger partial charge in [-0.1, -0.05) is 48.5 Å². The summed E-state index contributed by atoms with van der Waals surface area (Å²) in [5, 5.41) is 15.1. The van der Waals surface area contributed by atoms with Crippen molar-refractivity contribution in [2.75, 3.05) is 5.73 Å². The molecular formula is C30H28N8O. The number of anilines is 1. The molecule has 0 amide bonds. The van der Waals surface area contributed by atoms with Crippen LogP contribution in [0.4, 0.5) is 5.82 Å². The second-order valence-electron chi connectivity index (χ2n) is 9.49. The molecule has 0 aliphatic rings. The van der Waals surface area contributed by atoms with Crippen molar-refractivity contribution in [2.45, 2.75) is 26.0 Å². The number of aliphatic hydroxyl groups is 1. The van der Waals surface area contributed by atoms with Crippen LogP contribution in [0, 0.1) is 0 Å². The third-order valence-electron chi connectivity index (χ3n) is 6.13. The Morgan fingerprint density at radius 3 is 2.46 bits per heavy atom. The molecule has 0 unspecified atom stereocenters. The maximum absolute atomic E-state index is 10.3. The quantitative estimate of drug-likeness (QED) is 0.164. The molecule has 0 fully saturated rings. The first-order valence-corrected chi connectivity index (χ1v) is 12.4. The molecule has 3 aromatic heterocycles. The van der Waals surface area contributed by atoms with Crippen molar-refractivity contribution in [1.82, 2.24) is 19.9 Å². The fourth-order valence-corrected chi connectivity index (χ4v) is 4.15. The molecular weight excluding hydrogens is 488 g/mol. The highest BCUT2D eigenvalue weighted by molar-refractivity contribution is 6.38. The number of benzene rings is 2. The summed E-state index contributed by atoms with van der Waals surface area (Å²) in [6.45, 7) is 3.63. The van der Waals surface area contributed by atoms with Gasteiger partial charge < -0.3 is 16.7 Å². The van der Waals surface area contributed by atoms with Crippen LogP contribution in [-0.2, 0) is 12.1 Å². The van der Waals surface area contributed by atoms with Gasteiger partial charge in [0.25, 0.3) is 0 Å². The zero-order valence-electron chi connectivity index (χ0n) is 21.7. The molecule has 0 aliphatic carbocycles. The van der Waals surface area contributed by atoms with E-state index in [9.17, 15) is 5.11 Å².